The lowest BCUT2D eigenvalue weighted by molar-refractivity contribution is 0.0994. The highest BCUT2D eigenvalue weighted by Crippen LogP contribution is 2.36. The SMILES string of the molecule is COc1cncc(-c2ccc(C3CN(C(F)c4ccc(OC)c(F)c4F)C(=O)O3)cc2)c1. The molecule has 0 aliphatic carbocycles. The number of hydrogen-bond donors (Lipinski definition) is 0. The van der Waals surface area contributed by atoms with Crippen molar-refractivity contribution in [1.82, 2.24) is 9.88 Å². The lowest BCUT2D eigenvalue weighted by atomic mass is 10.0. The van der Waals surface area contributed by atoms with E-state index >= 15 is 0 Å². The summed E-state index contributed by atoms with van der Waals surface area (Å²) in [4.78, 5) is 17.1. The van der Waals surface area contributed by atoms with Gasteiger partial charge in [-0.25, -0.2) is 13.6 Å². The standard InChI is InChI=1S/C23H19F3N2O4/c1-30-16-9-15(10-27-11-16)13-3-5-14(6-4-13)19-12-28(23(29)32-19)22(26)17-7-8-18(31-2)21(25)20(17)24/h3-11,19,22H,12H2,1-2H3. The molecule has 2 atom stereocenters. The average molecular weight is 444 g/mol. The zero-order chi connectivity index (χ0) is 22.8. The van der Waals surface area contributed by atoms with Crippen LogP contribution in [0, 0.1) is 11.6 Å². The molecule has 3 aromatic rings. The van der Waals surface area contributed by atoms with Gasteiger partial charge in [0.05, 0.1) is 27.0 Å². The Morgan fingerprint density at radius 3 is 2.47 bits per heavy atom. The van der Waals surface area contributed by atoms with Crippen LogP contribution in [0.3, 0.4) is 0 Å². The van der Waals surface area contributed by atoms with Crippen LogP contribution in [-0.4, -0.2) is 36.7 Å². The molecule has 1 fully saturated rings. The first-order valence-electron chi connectivity index (χ1n) is 9.65. The zero-order valence-electron chi connectivity index (χ0n) is 17.2. The van der Waals surface area contributed by atoms with E-state index in [1.165, 1.54) is 7.11 Å². The second kappa shape index (κ2) is 8.78. The van der Waals surface area contributed by atoms with Gasteiger partial charge in [0.2, 0.25) is 12.1 Å². The van der Waals surface area contributed by atoms with E-state index in [0.29, 0.717) is 11.3 Å². The number of halogens is 3. The van der Waals surface area contributed by atoms with Gasteiger partial charge in [-0.05, 0) is 29.3 Å². The third kappa shape index (κ3) is 3.93. The topological polar surface area (TPSA) is 60.9 Å². The Morgan fingerprint density at radius 1 is 1.03 bits per heavy atom. The monoisotopic (exact) mass is 444 g/mol. The minimum atomic E-state index is -2.21. The number of carbonyl (C=O) groups is 1. The molecule has 1 aliphatic rings. The van der Waals surface area contributed by atoms with Crippen molar-refractivity contribution in [3.05, 3.63) is 77.6 Å². The molecule has 2 unspecified atom stereocenters. The molecule has 1 saturated heterocycles. The van der Waals surface area contributed by atoms with Crippen molar-refractivity contribution < 1.29 is 32.2 Å². The molecule has 2 heterocycles. The summed E-state index contributed by atoms with van der Waals surface area (Å²) < 4.78 is 58.3. The highest BCUT2D eigenvalue weighted by molar-refractivity contribution is 5.71. The van der Waals surface area contributed by atoms with E-state index in [-0.39, 0.29) is 12.3 Å². The lowest BCUT2D eigenvalue weighted by Gasteiger charge is -2.19. The number of rotatable bonds is 6. The molecule has 4 rings (SSSR count). The minimum Gasteiger partial charge on any atom is -0.495 e. The summed E-state index contributed by atoms with van der Waals surface area (Å²) in [6.07, 6.45) is -0.654. The number of cyclic esters (lactones) is 1. The third-order valence-corrected chi connectivity index (χ3v) is 5.23. The molecule has 1 amide bonds. The van der Waals surface area contributed by atoms with Crippen LogP contribution in [0.15, 0.2) is 54.9 Å². The molecule has 32 heavy (non-hydrogen) atoms. The zero-order valence-corrected chi connectivity index (χ0v) is 17.2. The van der Waals surface area contributed by atoms with Gasteiger partial charge in [0.15, 0.2) is 11.6 Å². The van der Waals surface area contributed by atoms with Crippen molar-refractivity contribution >= 4 is 6.09 Å². The first-order valence-corrected chi connectivity index (χ1v) is 9.65. The van der Waals surface area contributed by atoms with Gasteiger partial charge in [-0.15, -0.1) is 0 Å². The Balaban J connectivity index is 1.52. The minimum absolute atomic E-state index is 0.160. The van der Waals surface area contributed by atoms with E-state index < -0.39 is 35.7 Å². The van der Waals surface area contributed by atoms with Gasteiger partial charge in [0, 0.05) is 17.3 Å². The molecule has 6 nitrogen and oxygen atoms in total. The molecule has 1 aliphatic heterocycles. The van der Waals surface area contributed by atoms with Crippen molar-refractivity contribution in [2.24, 2.45) is 0 Å². The van der Waals surface area contributed by atoms with E-state index in [1.807, 2.05) is 18.2 Å². The highest BCUT2D eigenvalue weighted by atomic mass is 19.2. The number of carbonyl (C=O) groups excluding carboxylic acids is 1. The van der Waals surface area contributed by atoms with Crippen LogP contribution in [0.2, 0.25) is 0 Å². The van der Waals surface area contributed by atoms with Gasteiger partial charge in [-0.1, -0.05) is 24.3 Å². The molecule has 166 valence electrons. The Morgan fingerprint density at radius 2 is 1.78 bits per heavy atom. The van der Waals surface area contributed by atoms with E-state index in [2.05, 4.69) is 9.72 Å². The maximum atomic E-state index is 15.0. The fraction of sp³-hybridized carbons (Fsp3) is 0.217. The number of benzene rings is 2. The lowest BCUT2D eigenvalue weighted by Crippen LogP contribution is -2.28. The largest absolute Gasteiger partial charge is 0.495 e. The van der Waals surface area contributed by atoms with Gasteiger partial charge in [-0.2, -0.15) is 4.39 Å². The van der Waals surface area contributed by atoms with Crippen LogP contribution >= 0.6 is 0 Å². The second-order valence-electron chi connectivity index (χ2n) is 7.08. The van der Waals surface area contributed by atoms with Gasteiger partial charge in [0.25, 0.3) is 0 Å². The van der Waals surface area contributed by atoms with Crippen molar-refractivity contribution in [3.63, 3.8) is 0 Å². The van der Waals surface area contributed by atoms with Crippen LogP contribution in [-0.2, 0) is 4.74 Å². The van der Waals surface area contributed by atoms with Crippen LogP contribution in [0.5, 0.6) is 11.5 Å². The van der Waals surface area contributed by atoms with E-state index in [0.717, 1.165) is 28.2 Å². The number of pyridine rings is 1. The van der Waals surface area contributed by atoms with Crippen LogP contribution in [0.25, 0.3) is 11.1 Å². The van der Waals surface area contributed by atoms with E-state index in [4.69, 9.17) is 9.47 Å². The normalized spacial score (nSPS) is 16.6. The number of aromatic nitrogens is 1. The second-order valence-corrected chi connectivity index (χ2v) is 7.08. The molecule has 0 spiro atoms. The number of nitrogens with zero attached hydrogens (tertiary/aromatic N) is 2. The first-order chi connectivity index (χ1) is 15.4. The number of alkyl halides is 1. The molecule has 2 aromatic carbocycles. The summed E-state index contributed by atoms with van der Waals surface area (Å²) in [5.74, 6) is -2.47. The number of methoxy groups -OCH3 is 2. The summed E-state index contributed by atoms with van der Waals surface area (Å²) in [5, 5.41) is 0. The van der Waals surface area contributed by atoms with Crippen LogP contribution in [0.4, 0.5) is 18.0 Å². The number of amides is 1. The van der Waals surface area contributed by atoms with Crippen molar-refractivity contribution in [2.75, 3.05) is 20.8 Å². The summed E-state index contributed by atoms with van der Waals surface area (Å²) >= 11 is 0. The van der Waals surface area contributed by atoms with Gasteiger partial charge in [0.1, 0.15) is 11.9 Å². The first kappa shape index (κ1) is 21.5. The Bertz CT molecular complexity index is 1140. The quantitative estimate of drug-likeness (QED) is 0.489. The molecule has 0 radical (unpaired) electrons. The molecular weight excluding hydrogens is 425 g/mol. The predicted molar refractivity (Wildman–Crippen MR) is 109 cm³/mol. The maximum Gasteiger partial charge on any atom is 0.413 e. The van der Waals surface area contributed by atoms with Crippen molar-refractivity contribution in [1.29, 1.82) is 0 Å². The molecule has 0 bridgehead atoms. The van der Waals surface area contributed by atoms with E-state index in [1.54, 1.807) is 31.6 Å². The fourth-order valence-corrected chi connectivity index (χ4v) is 3.47. The number of hydrogen-bond acceptors (Lipinski definition) is 5. The summed E-state index contributed by atoms with van der Waals surface area (Å²) in [6.45, 7) is -0.160. The molecule has 1 aromatic heterocycles. The van der Waals surface area contributed by atoms with E-state index in [9.17, 15) is 18.0 Å². The summed E-state index contributed by atoms with van der Waals surface area (Å²) in [6, 6.07) is 11.1. The Kier molecular flexibility index (Phi) is 5.89. The maximum absolute atomic E-state index is 15.0. The molecular formula is C23H19F3N2O4. The molecule has 0 saturated carbocycles. The summed E-state index contributed by atoms with van der Waals surface area (Å²) in [5.41, 5.74) is 1.72. The smallest absolute Gasteiger partial charge is 0.413 e. The van der Waals surface area contributed by atoms with Crippen molar-refractivity contribution in [2.45, 2.75) is 12.4 Å². The van der Waals surface area contributed by atoms with Gasteiger partial charge in [-0.3, -0.25) is 9.88 Å². The molecule has 9 heteroatoms. The van der Waals surface area contributed by atoms with Crippen molar-refractivity contribution in [3.8, 4) is 22.6 Å². The molecule has 0 N–H and O–H groups in total. The fourth-order valence-electron chi connectivity index (χ4n) is 3.47. The predicted octanol–water partition coefficient (Wildman–Crippen LogP) is 5.21. The number of ether oxygens (including phenoxy) is 3. The Hall–Kier alpha value is -3.75. The summed E-state index contributed by atoms with van der Waals surface area (Å²) in [7, 11) is 2.72. The Labute approximate surface area is 182 Å². The van der Waals surface area contributed by atoms with Crippen LogP contribution < -0.4 is 9.47 Å². The van der Waals surface area contributed by atoms with Crippen LogP contribution in [0.1, 0.15) is 23.5 Å². The van der Waals surface area contributed by atoms with Gasteiger partial charge < -0.3 is 14.2 Å². The third-order valence-electron chi connectivity index (χ3n) is 5.23. The average Bonchev–Trinajstić information content (AvgIpc) is 3.22. The van der Waals surface area contributed by atoms with Gasteiger partial charge >= 0.3 is 6.09 Å². The highest BCUT2D eigenvalue weighted by Gasteiger charge is 2.39.